The summed E-state index contributed by atoms with van der Waals surface area (Å²) in [6, 6.07) is 3.79. The van der Waals surface area contributed by atoms with Crippen molar-refractivity contribution in [3.8, 4) is 11.3 Å². The summed E-state index contributed by atoms with van der Waals surface area (Å²) in [7, 11) is 1.32. The number of carbonyl (C=O) groups is 1. The smallest absolute Gasteiger partial charge is 0.358 e. The van der Waals surface area contributed by atoms with Crippen LogP contribution in [0.2, 0.25) is 0 Å². The van der Waals surface area contributed by atoms with E-state index in [1.54, 1.807) is 12.4 Å². The molecule has 3 aromatic heterocycles. The molecule has 20 heavy (non-hydrogen) atoms. The van der Waals surface area contributed by atoms with E-state index in [4.69, 9.17) is 0 Å². The van der Waals surface area contributed by atoms with Crippen molar-refractivity contribution in [2.75, 3.05) is 7.11 Å². The summed E-state index contributed by atoms with van der Waals surface area (Å²) in [5, 5.41) is 0. The number of methoxy groups -OCH3 is 1. The van der Waals surface area contributed by atoms with Gasteiger partial charge in [-0.15, -0.1) is 0 Å². The maximum atomic E-state index is 11.5. The molecule has 0 aliphatic rings. The number of hydrogen-bond acceptors (Lipinski definition) is 5. The second-order valence-electron chi connectivity index (χ2n) is 4.33. The number of carbonyl (C=O) groups excluding carboxylic acids is 1. The van der Waals surface area contributed by atoms with Gasteiger partial charge in [0.2, 0.25) is 0 Å². The van der Waals surface area contributed by atoms with Gasteiger partial charge in [0.25, 0.3) is 0 Å². The monoisotopic (exact) mass is 268 g/mol. The van der Waals surface area contributed by atoms with Crippen molar-refractivity contribution in [1.82, 2.24) is 19.4 Å². The van der Waals surface area contributed by atoms with Gasteiger partial charge in [0.1, 0.15) is 5.65 Å². The molecule has 0 saturated carbocycles. The molecule has 3 rings (SSSR count). The zero-order valence-corrected chi connectivity index (χ0v) is 11.1. The van der Waals surface area contributed by atoms with Crippen LogP contribution in [-0.4, -0.2) is 32.4 Å². The summed E-state index contributed by atoms with van der Waals surface area (Å²) in [5.74, 6) is -0.501. The van der Waals surface area contributed by atoms with E-state index in [1.807, 2.05) is 29.7 Å². The molecule has 6 nitrogen and oxygen atoms in total. The summed E-state index contributed by atoms with van der Waals surface area (Å²) in [5.41, 5.74) is 3.55. The summed E-state index contributed by atoms with van der Waals surface area (Å²) < 4.78 is 6.61. The van der Waals surface area contributed by atoms with Gasteiger partial charge in [-0.3, -0.25) is 4.98 Å². The lowest BCUT2D eigenvalue weighted by molar-refractivity contribution is 0.0593. The first kappa shape index (κ1) is 12.3. The highest BCUT2D eigenvalue weighted by Crippen LogP contribution is 2.18. The standard InChI is InChI=1S/C14H12N4O2/c1-9-5-16-13-4-3-10(8-18(9)13)11-6-15-7-12(17-11)14(19)20-2/h3-8H,1-2H3. The third kappa shape index (κ3) is 2.01. The molecule has 0 aliphatic carbocycles. The molecule has 0 unspecified atom stereocenters. The van der Waals surface area contributed by atoms with E-state index in [9.17, 15) is 4.79 Å². The molecule has 0 atom stereocenters. The Hall–Kier alpha value is -2.76. The maximum Gasteiger partial charge on any atom is 0.358 e. The van der Waals surface area contributed by atoms with Crippen LogP contribution in [-0.2, 0) is 4.74 Å². The number of fused-ring (bicyclic) bond motifs is 1. The van der Waals surface area contributed by atoms with Crippen LogP contribution >= 0.6 is 0 Å². The van der Waals surface area contributed by atoms with Crippen LogP contribution < -0.4 is 0 Å². The van der Waals surface area contributed by atoms with Gasteiger partial charge in [0, 0.05) is 23.7 Å². The van der Waals surface area contributed by atoms with E-state index in [1.165, 1.54) is 13.3 Å². The van der Waals surface area contributed by atoms with Crippen LogP contribution in [0.1, 0.15) is 16.2 Å². The molecule has 0 bridgehead atoms. The molecule has 3 heterocycles. The third-order valence-electron chi connectivity index (χ3n) is 3.02. The molecule has 0 amide bonds. The molecule has 0 radical (unpaired) electrons. The number of hydrogen-bond donors (Lipinski definition) is 0. The first-order chi connectivity index (χ1) is 9.69. The van der Waals surface area contributed by atoms with Crippen LogP contribution in [0.5, 0.6) is 0 Å². The van der Waals surface area contributed by atoms with Crippen LogP contribution in [0.3, 0.4) is 0 Å². The molecule has 100 valence electrons. The fraction of sp³-hybridized carbons (Fsp3) is 0.143. The minimum atomic E-state index is -0.501. The predicted molar refractivity (Wildman–Crippen MR) is 72.3 cm³/mol. The van der Waals surface area contributed by atoms with Gasteiger partial charge >= 0.3 is 5.97 Å². The molecule has 0 aromatic carbocycles. The fourth-order valence-corrected chi connectivity index (χ4v) is 1.96. The largest absolute Gasteiger partial charge is 0.464 e. The summed E-state index contributed by atoms with van der Waals surface area (Å²) in [6.07, 6.45) is 6.72. The van der Waals surface area contributed by atoms with Gasteiger partial charge in [-0.1, -0.05) is 0 Å². The molecule has 6 heteroatoms. The van der Waals surface area contributed by atoms with Crippen LogP contribution in [0.15, 0.2) is 36.9 Å². The Morgan fingerprint density at radius 1 is 1.25 bits per heavy atom. The Balaban J connectivity index is 2.10. The minimum absolute atomic E-state index is 0.187. The molecule has 0 fully saturated rings. The fourth-order valence-electron chi connectivity index (χ4n) is 1.96. The van der Waals surface area contributed by atoms with Gasteiger partial charge in [-0.2, -0.15) is 0 Å². The lowest BCUT2D eigenvalue weighted by Crippen LogP contribution is -2.05. The van der Waals surface area contributed by atoms with Gasteiger partial charge in [-0.25, -0.2) is 14.8 Å². The van der Waals surface area contributed by atoms with Crippen LogP contribution in [0, 0.1) is 6.92 Å². The first-order valence-electron chi connectivity index (χ1n) is 6.03. The molecule has 0 saturated heterocycles. The molecule has 3 aromatic rings. The summed E-state index contributed by atoms with van der Waals surface area (Å²) in [4.78, 5) is 24.0. The van der Waals surface area contributed by atoms with Gasteiger partial charge in [-0.05, 0) is 19.1 Å². The Morgan fingerprint density at radius 2 is 2.10 bits per heavy atom. The lowest BCUT2D eigenvalue weighted by Gasteiger charge is -2.04. The van der Waals surface area contributed by atoms with Crippen molar-refractivity contribution in [3.63, 3.8) is 0 Å². The zero-order valence-electron chi connectivity index (χ0n) is 11.1. The SMILES string of the molecule is COC(=O)c1cncc(-c2ccc3ncc(C)n3c2)n1. The van der Waals surface area contributed by atoms with Crippen molar-refractivity contribution >= 4 is 11.6 Å². The van der Waals surface area contributed by atoms with Crippen molar-refractivity contribution < 1.29 is 9.53 Å². The van der Waals surface area contributed by atoms with Crippen LogP contribution in [0.4, 0.5) is 0 Å². The number of nitrogens with zero attached hydrogens (tertiary/aromatic N) is 4. The number of esters is 1. The normalized spacial score (nSPS) is 10.7. The number of pyridine rings is 1. The van der Waals surface area contributed by atoms with Gasteiger partial charge in [0.15, 0.2) is 5.69 Å². The Kier molecular flexibility index (Phi) is 2.90. The molecular weight excluding hydrogens is 256 g/mol. The highest BCUT2D eigenvalue weighted by molar-refractivity contribution is 5.87. The van der Waals surface area contributed by atoms with Crippen LogP contribution in [0.25, 0.3) is 16.9 Å². The Labute approximate surface area is 115 Å². The molecule has 0 N–H and O–H groups in total. The lowest BCUT2D eigenvalue weighted by atomic mass is 10.2. The first-order valence-corrected chi connectivity index (χ1v) is 6.03. The zero-order chi connectivity index (χ0) is 14.1. The summed E-state index contributed by atoms with van der Waals surface area (Å²) >= 11 is 0. The van der Waals surface area contributed by atoms with Crippen molar-refractivity contribution in [1.29, 1.82) is 0 Å². The van der Waals surface area contributed by atoms with Crippen molar-refractivity contribution in [2.24, 2.45) is 0 Å². The predicted octanol–water partition coefficient (Wildman–Crippen LogP) is 1.89. The van der Waals surface area contributed by atoms with E-state index >= 15 is 0 Å². The topological polar surface area (TPSA) is 69.4 Å². The van der Waals surface area contributed by atoms with E-state index in [0.29, 0.717) is 5.69 Å². The Bertz CT molecular complexity index is 795. The van der Waals surface area contributed by atoms with Crippen molar-refractivity contribution in [3.05, 3.63) is 48.3 Å². The minimum Gasteiger partial charge on any atom is -0.464 e. The number of aromatic nitrogens is 4. The van der Waals surface area contributed by atoms with E-state index in [2.05, 4.69) is 19.7 Å². The highest BCUT2D eigenvalue weighted by atomic mass is 16.5. The van der Waals surface area contributed by atoms with Crippen molar-refractivity contribution in [2.45, 2.75) is 6.92 Å². The molecule has 0 aliphatic heterocycles. The van der Waals surface area contributed by atoms with Gasteiger partial charge in [0.05, 0.1) is 25.2 Å². The second kappa shape index (κ2) is 4.73. The van der Waals surface area contributed by atoms with E-state index in [0.717, 1.165) is 16.9 Å². The average Bonchev–Trinajstić information content (AvgIpc) is 2.87. The number of rotatable bonds is 2. The third-order valence-corrected chi connectivity index (χ3v) is 3.02. The van der Waals surface area contributed by atoms with E-state index in [-0.39, 0.29) is 5.69 Å². The number of aryl methyl sites for hydroxylation is 1. The van der Waals surface area contributed by atoms with Gasteiger partial charge < -0.3 is 9.14 Å². The quantitative estimate of drug-likeness (QED) is 0.664. The molecule has 0 spiro atoms. The van der Waals surface area contributed by atoms with E-state index < -0.39 is 5.97 Å². The number of imidazole rings is 1. The molecular formula is C14H12N4O2. The highest BCUT2D eigenvalue weighted by Gasteiger charge is 2.10. The average molecular weight is 268 g/mol. The summed E-state index contributed by atoms with van der Waals surface area (Å²) in [6.45, 7) is 1.97. The maximum absolute atomic E-state index is 11.5. The second-order valence-corrected chi connectivity index (χ2v) is 4.33. The number of ether oxygens (including phenoxy) is 1. The Morgan fingerprint density at radius 3 is 2.90 bits per heavy atom.